The third-order valence-corrected chi connectivity index (χ3v) is 4.98. The second-order valence-electron chi connectivity index (χ2n) is 8.13. The van der Waals surface area contributed by atoms with Gasteiger partial charge in [0, 0.05) is 25.3 Å². The summed E-state index contributed by atoms with van der Waals surface area (Å²) in [5.74, 6) is -1.37. The van der Waals surface area contributed by atoms with E-state index in [0.29, 0.717) is 29.8 Å². The first-order valence-corrected chi connectivity index (χ1v) is 10.3. The molecule has 3 N–H and O–H groups in total. The zero-order valence-corrected chi connectivity index (χ0v) is 18.3. The molecule has 2 aromatic carbocycles. The second-order valence-corrected chi connectivity index (χ2v) is 8.13. The smallest absolute Gasteiger partial charge is 0.307 e. The van der Waals surface area contributed by atoms with Gasteiger partial charge in [-0.1, -0.05) is 37.6 Å². The van der Waals surface area contributed by atoms with Crippen LogP contribution < -0.4 is 9.64 Å². The van der Waals surface area contributed by atoms with Crippen molar-refractivity contribution in [3.63, 3.8) is 0 Å². The molecule has 0 fully saturated rings. The van der Waals surface area contributed by atoms with Crippen molar-refractivity contribution in [2.75, 3.05) is 18.5 Å². The molecule has 2 aromatic rings. The Morgan fingerprint density at radius 2 is 1.71 bits per heavy atom. The van der Waals surface area contributed by atoms with E-state index in [9.17, 15) is 14.7 Å². The Bertz CT molecular complexity index is 909. The third-order valence-electron chi connectivity index (χ3n) is 4.98. The van der Waals surface area contributed by atoms with Gasteiger partial charge in [-0.05, 0) is 42.2 Å². The number of carboxylic acid groups (broad SMARTS) is 2. The van der Waals surface area contributed by atoms with Crippen LogP contribution in [0.3, 0.4) is 0 Å². The van der Waals surface area contributed by atoms with Crippen LogP contribution in [0.25, 0.3) is 0 Å². The third kappa shape index (κ3) is 7.94. The maximum absolute atomic E-state index is 11.1. The quantitative estimate of drug-likeness (QED) is 0.474. The predicted molar refractivity (Wildman–Crippen MR) is 119 cm³/mol. The lowest BCUT2D eigenvalue weighted by Crippen LogP contribution is -2.38. The molecular formula is C24H31NO6. The Hall–Kier alpha value is -3.06. The van der Waals surface area contributed by atoms with Crippen molar-refractivity contribution < 1.29 is 29.6 Å². The molecule has 0 aliphatic carbocycles. The Labute approximate surface area is 182 Å². The largest absolute Gasteiger partial charge is 0.489 e. The molecule has 0 radical (unpaired) electrons. The average molecular weight is 430 g/mol. The van der Waals surface area contributed by atoms with E-state index in [0.717, 1.165) is 17.7 Å². The molecule has 0 spiro atoms. The molecule has 0 aliphatic rings. The van der Waals surface area contributed by atoms with Crippen LogP contribution >= 0.6 is 0 Å². The van der Waals surface area contributed by atoms with E-state index >= 15 is 0 Å². The van der Waals surface area contributed by atoms with Gasteiger partial charge in [-0.15, -0.1) is 0 Å². The highest BCUT2D eigenvalue weighted by atomic mass is 16.5. The lowest BCUT2D eigenvalue weighted by atomic mass is 9.99. The van der Waals surface area contributed by atoms with Gasteiger partial charge in [0.2, 0.25) is 0 Å². The molecule has 7 nitrogen and oxygen atoms in total. The highest BCUT2D eigenvalue weighted by Gasteiger charge is 2.21. The maximum atomic E-state index is 11.1. The Morgan fingerprint density at radius 3 is 2.35 bits per heavy atom. The number of nitrogens with zero attached hydrogens (tertiary/aromatic N) is 1. The lowest BCUT2D eigenvalue weighted by Gasteiger charge is -2.30. The fourth-order valence-electron chi connectivity index (χ4n) is 3.63. The minimum absolute atomic E-state index is 0.222. The molecule has 1 unspecified atom stereocenters. The highest BCUT2D eigenvalue weighted by Crippen LogP contribution is 2.24. The molecule has 168 valence electrons. The number of hydrogen-bond acceptors (Lipinski definition) is 5. The van der Waals surface area contributed by atoms with Crippen molar-refractivity contribution in [3.05, 3.63) is 59.2 Å². The molecule has 0 saturated heterocycles. The Morgan fingerprint density at radius 1 is 1.03 bits per heavy atom. The van der Waals surface area contributed by atoms with Crippen molar-refractivity contribution in [1.29, 1.82) is 0 Å². The number of hydrogen-bond donors (Lipinski definition) is 3. The van der Waals surface area contributed by atoms with Crippen LogP contribution in [0.15, 0.2) is 42.5 Å². The molecule has 0 heterocycles. The first-order valence-electron chi connectivity index (χ1n) is 10.3. The number of aliphatic carboxylic acids is 2. The Kier molecular flexibility index (Phi) is 8.45. The molecule has 0 saturated carbocycles. The zero-order chi connectivity index (χ0) is 23.0. The van der Waals surface area contributed by atoms with E-state index in [1.165, 1.54) is 0 Å². The molecule has 31 heavy (non-hydrogen) atoms. The van der Waals surface area contributed by atoms with Crippen molar-refractivity contribution in [3.8, 4) is 5.75 Å². The van der Waals surface area contributed by atoms with E-state index < -0.39 is 17.5 Å². The number of anilines is 1. The molecule has 0 aliphatic heterocycles. The summed E-state index contributed by atoms with van der Waals surface area (Å²) in [6.07, 6.45) is 1.15. The number of carbonyl (C=O) groups is 2. The second kappa shape index (κ2) is 10.8. The molecule has 2 rings (SSSR count). The van der Waals surface area contributed by atoms with Crippen molar-refractivity contribution in [2.24, 2.45) is 0 Å². The zero-order valence-electron chi connectivity index (χ0n) is 18.3. The van der Waals surface area contributed by atoms with Crippen LogP contribution in [0.2, 0.25) is 0 Å². The lowest BCUT2D eigenvalue weighted by molar-refractivity contribution is -0.137. The summed E-state index contributed by atoms with van der Waals surface area (Å²) in [6, 6.07) is 12.6. The van der Waals surface area contributed by atoms with E-state index in [1.54, 1.807) is 18.2 Å². The summed E-state index contributed by atoms with van der Waals surface area (Å²) in [4.78, 5) is 24.1. The van der Waals surface area contributed by atoms with Crippen molar-refractivity contribution in [2.45, 2.75) is 51.7 Å². The van der Waals surface area contributed by atoms with E-state index in [2.05, 4.69) is 0 Å². The summed E-state index contributed by atoms with van der Waals surface area (Å²) >= 11 is 0. The minimum Gasteiger partial charge on any atom is -0.489 e. The number of benzene rings is 2. The van der Waals surface area contributed by atoms with Crippen LogP contribution in [-0.4, -0.2) is 46.5 Å². The minimum atomic E-state index is -1.01. The summed E-state index contributed by atoms with van der Waals surface area (Å²) in [7, 11) is 1.92. The molecule has 0 aromatic heterocycles. The Balaban J connectivity index is 2.10. The van der Waals surface area contributed by atoms with E-state index in [1.807, 2.05) is 50.1 Å². The van der Waals surface area contributed by atoms with Crippen LogP contribution in [-0.2, 0) is 29.0 Å². The van der Waals surface area contributed by atoms with E-state index in [4.69, 9.17) is 14.9 Å². The summed E-state index contributed by atoms with van der Waals surface area (Å²) in [5.41, 5.74) is 1.86. The van der Waals surface area contributed by atoms with Gasteiger partial charge < -0.3 is 25.0 Å². The molecule has 0 amide bonds. The fourth-order valence-corrected chi connectivity index (χ4v) is 3.63. The number of ether oxygens (including phenoxy) is 1. The fraction of sp³-hybridized carbons (Fsp3) is 0.417. The molecule has 0 bridgehead atoms. The van der Waals surface area contributed by atoms with Gasteiger partial charge in [0.25, 0.3) is 0 Å². The number of likely N-dealkylation sites (N-methyl/N-ethyl adjacent to an activating group) is 1. The van der Waals surface area contributed by atoms with Gasteiger partial charge in [-0.2, -0.15) is 0 Å². The highest BCUT2D eigenvalue weighted by molar-refractivity contribution is 5.74. The molecule has 7 heteroatoms. The van der Waals surface area contributed by atoms with Crippen LogP contribution in [0.1, 0.15) is 43.4 Å². The standard InChI is InChI=1S/C24H31NO6/c1-4-10-24(2,30)16-25(3)20-6-5-7-21(14-20)31-15-17-8-9-18(12-22(26)27)19(11-17)13-23(28)29/h5-9,11,14,30H,4,10,12-13,15-16H2,1-3H3,(H,26,27)(H,28,29). The average Bonchev–Trinajstić information content (AvgIpc) is 2.67. The van der Waals surface area contributed by atoms with Gasteiger partial charge >= 0.3 is 11.9 Å². The first kappa shape index (κ1) is 24.2. The predicted octanol–water partition coefficient (Wildman–Crippen LogP) is 3.51. The van der Waals surface area contributed by atoms with Gasteiger partial charge in [-0.25, -0.2) is 0 Å². The number of carboxylic acids is 2. The van der Waals surface area contributed by atoms with Gasteiger partial charge in [0.1, 0.15) is 12.4 Å². The van der Waals surface area contributed by atoms with Crippen LogP contribution in [0, 0.1) is 0 Å². The van der Waals surface area contributed by atoms with E-state index in [-0.39, 0.29) is 19.4 Å². The maximum Gasteiger partial charge on any atom is 0.307 e. The summed E-state index contributed by atoms with van der Waals surface area (Å²) < 4.78 is 5.89. The molecular weight excluding hydrogens is 398 g/mol. The van der Waals surface area contributed by atoms with Gasteiger partial charge in [0.05, 0.1) is 18.4 Å². The van der Waals surface area contributed by atoms with Gasteiger partial charge in [-0.3, -0.25) is 9.59 Å². The van der Waals surface area contributed by atoms with Gasteiger partial charge in [0.15, 0.2) is 0 Å². The number of rotatable bonds is 12. The topological polar surface area (TPSA) is 107 Å². The summed E-state index contributed by atoms with van der Waals surface area (Å²) in [5, 5.41) is 28.6. The van der Waals surface area contributed by atoms with Crippen LogP contribution in [0.4, 0.5) is 5.69 Å². The monoisotopic (exact) mass is 429 g/mol. The normalized spacial score (nSPS) is 12.8. The SMILES string of the molecule is CCCC(C)(O)CN(C)c1cccc(OCc2ccc(CC(=O)O)c(CC(=O)O)c2)c1. The molecule has 1 atom stereocenters. The summed E-state index contributed by atoms with van der Waals surface area (Å²) in [6.45, 7) is 4.59. The van der Waals surface area contributed by atoms with Crippen molar-refractivity contribution >= 4 is 17.6 Å². The number of aliphatic hydroxyl groups is 1. The van der Waals surface area contributed by atoms with Crippen LogP contribution in [0.5, 0.6) is 5.75 Å². The van der Waals surface area contributed by atoms with Crippen molar-refractivity contribution in [1.82, 2.24) is 0 Å². The first-order chi connectivity index (χ1) is 14.6.